The molecule has 7 heteroatoms. The molecule has 7 nitrogen and oxygen atoms in total. The number of aromatic nitrogens is 1. The summed E-state index contributed by atoms with van der Waals surface area (Å²) in [6, 6.07) is 18.0. The van der Waals surface area contributed by atoms with Crippen LogP contribution >= 0.6 is 0 Å². The Bertz CT molecular complexity index is 1000. The molecule has 3 N–H and O–H groups in total. The number of para-hydroxylation sites is 1. The number of aliphatic imine (C=N–C) groups is 1. The van der Waals surface area contributed by atoms with E-state index in [1.165, 1.54) is 6.07 Å². The molecule has 0 unspecified atom stereocenters. The number of hydrogen-bond acceptors (Lipinski definition) is 6. The number of pyridine rings is 1. The minimum atomic E-state index is -0.449. The molecule has 0 fully saturated rings. The van der Waals surface area contributed by atoms with Crippen LogP contribution < -0.4 is 11.1 Å². The molecule has 0 saturated carbocycles. The van der Waals surface area contributed by atoms with Gasteiger partial charge in [0.25, 0.3) is 5.69 Å². The van der Waals surface area contributed by atoms with E-state index in [1.54, 1.807) is 36.8 Å². The van der Waals surface area contributed by atoms with Gasteiger partial charge in [-0.2, -0.15) is 0 Å². The normalized spacial score (nSPS) is 11.5. The van der Waals surface area contributed by atoms with Crippen LogP contribution in [0.15, 0.2) is 84.1 Å². The van der Waals surface area contributed by atoms with Crippen LogP contribution in [0.1, 0.15) is 11.1 Å². The van der Waals surface area contributed by atoms with E-state index in [0.717, 1.165) is 11.3 Å². The fraction of sp³-hybridized carbons (Fsp3) is 0.0476. The molecule has 140 valence electrons. The highest BCUT2D eigenvalue weighted by molar-refractivity contribution is 5.86. The van der Waals surface area contributed by atoms with Crippen molar-refractivity contribution in [3.63, 3.8) is 0 Å². The molecule has 0 bridgehead atoms. The van der Waals surface area contributed by atoms with Gasteiger partial charge in [-0.1, -0.05) is 24.3 Å². The smallest absolute Gasteiger partial charge is 0.278 e. The fourth-order valence-electron chi connectivity index (χ4n) is 2.56. The van der Waals surface area contributed by atoms with Gasteiger partial charge >= 0.3 is 0 Å². The summed E-state index contributed by atoms with van der Waals surface area (Å²) in [4.78, 5) is 19.2. The monoisotopic (exact) mass is 373 g/mol. The largest absolute Gasteiger partial charge is 0.398 e. The zero-order valence-electron chi connectivity index (χ0n) is 15.0. The molecule has 0 amide bonds. The molecule has 0 spiro atoms. The Morgan fingerprint density at radius 2 is 1.96 bits per heavy atom. The van der Waals surface area contributed by atoms with Crippen molar-refractivity contribution in [2.24, 2.45) is 10.7 Å². The Balaban J connectivity index is 1.81. The molecule has 2 aromatic carbocycles. The predicted molar refractivity (Wildman–Crippen MR) is 111 cm³/mol. The van der Waals surface area contributed by atoms with Gasteiger partial charge < -0.3 is 11.1 Å². The molecule has 3 aromatic rings. The van der Waals surface area contributed by atoms with Crippen molar-refractivity contribution in [1.29, 1.82) is 0 Å². The lowest BCUT2D eigenvalue weighted by Crippen LogP contribution is -2.03. The van der Waals surface area contributed by atoms with Crippen molar-refractivity contribution in [3.8, 4) is 0 Å². The summed E-state index contributed by atoms with van der Waals surface area (Å²) in [6.07, 6.45) is 6.53. The number of rotatable bonds is 7. The molecule has 28 heavy (non-hydrogen) atoms. The quantitative estimate of drug-likeness (QED) is 0.365. The first-order valence-corrected chi connectivity index (χ1v) is 8.59. The van der Waals surface area contributed by atoms with Gasteiger partial charge in [0, 0.05) is 41.7 Å². The molecule has 0 aliphatic heterocycles. The van der Waals surface area contributed by atoms with Crippen LogP contribution in [-0.2, 0) is 6.54 Å². The Hall–Kier alpha value is -4.00. The van der Waals surface area contributed by atoms with Crippen LogP contribution in [0.2, 0.25) is 0 Å². The highest BCUT2D eigenvalue weighted by atomic mass is 16.6. The molecular formula is C21H19N5O2. The lowest BCUT2D eigenvalue weighted by molar-refractivity contribution is -0.385. The second-order valence-electron chi connectivity index (χ2n) is 5.95. The lowest BCUT2D eigenvalue weighted by Gasteiger charge is -2.09. The Labute approximate surface area is 162 Å². The average Bonchev–Trinajstić information content (AvgIpc) is 2.72. The molecule has 1 aromatic heterocycles. The average molecular weight is 373 g/mol. The van der Waals surface area contributed by atoms with Crippen LogP contribution in [0.3, 0.4) is 0 Å². The highest BCUT2D eigenvalue weighted by Crippen LogP contribution is 2.28. The van der Waals surface area contributed by atoms with E-state index in [-0.39, 0.29) is 11.4 Å². The summed E-state index contributed by atoms with van der Waals surface area (Å²) in [7, 11) is 0. The SMILES string of the molecule is N/C(=C\C=NCc1cccnc1)c1cc(Nc2ccccc2)ccc1[N+](=O)[O-]. The van der Waals surface area contributed by atoms with Gasteiger partial charge in [0.2, 0.25) is 0 Å². The van der Waals surface area contributed by atoms with Crippen molar-refractivity contribution in [2.45, 2.75) is 6.54 Å². The Morgan fingerprint density at radius 1 is 1.14 bits per heavy atom. The second kappa shape index (κ2) is 9.09. The maximum Gasteiger partial charge on any atom is 0.278 e. The van der Waals surface area contributed by atoms with Gasteiger partial charge in [0.05, 0.1) is 17.0 Å². The summed E-state index contributed by atoms with van der Waals surface area (Å²) in [5.74, 6) is 0. The van der Waals surface area contributed by atoms with Gasteiger partial charge in [0.1, 0.15) is 0 Å². The van der Waals surface area contributed by atoms with Crippen LogP contribution in [0.25, 0.3) is 5.70 Å². The van der Waals surface area contributed by atoms with E-state index in [1.807, 2.05) is 42.5 Å². The standard InChI is InChI=1S/C21H19N5O2/c22-20(10-12-24-15-16-5-4-11-23-14-16)19-13-18(8-9-21(19)26(27)28)25-17-6-2-1-3-7-17/h1-14,25H,15,22H2/b20-10-,24-12?. The zero-order chi connectivity index (χ0) is 19.8. The van der Waals surface area contributed by atoms with E-state index in [9.17, 15) is 10.1 Å². The maximum absolute atomic E-state index is 11.4. The number of nitrogens with zero attached hydrogens (tertiary/aromatic N) is 3. The number of nitrogens with one attached hydrogen (secondary N) is 1. The number of benzene rings is 2. The number of nitrogens with two attached hydrogens (primary N) is 1. The van der Waals surface area contributed by atoms with Crippen LogP contribution in [0.5, 0.6) is 0 Å². The van der Waals surface area contributed by atoms with Crippen LogP contribution in [-0.4, -0.2) is 16.1 Å². The van der Waals surface area contributed by atoms with E-state index >= 15 is 0 Å². The fourth-order valence-corrected chi connectivity index (χ4v) is 2.56. The van der Waals surface area contributed by atoms with Crippen molar-refractivity contribution < 1.29 is 4.92 Å². The minimum absolute atomic E-state index is 0.0620. The highest BCUT2D eigenvalue weighted by Gasteiger charge is 2.16. The number of allylic oxidation sites excluding steroid dienone is 1. The van der Waals surface area contributed by atoms with E-state index in [0.29, 0.717) is 17.8 Å². The van der Waals surface area contributed by atoms with Crippen molar-refractivity contribution in [3.05, 3.63) is 100 Å². The molecule has 0 atom stereocenters. The van der Waals surface area contributed by atoms with Gasteiger partial charge in [0.15, 0.2) is 0 Å². The number of anilines is 2. The van der Waals surface area contributed by atoms with Crippen molar-refractivity contribution in [2.75, 3.05) is 5.32 Å². The molecule has 0 saturated heterocycles. The predicted octanol–water partition coefficient (Wildman–Crippen LogP) is 4.30. The van der Waals surface area contributed by atoms with Gasteiger partial charge in [-0.05, 0) is 42.0 Å². The topological polar surface area (TPSA) is 106 Å². The second-order valence-corrected chi connectivity index (χ2v) is 5.95. The number of nitro benzene ring substituents is 1. The molecule has 0 aliphatic carbocycles. The van der Waals surface area contributed by atoms with Crippen LogP contribution in [0.4, 0.5) is 17.1 Å². The summed E-state index contributed by atoms with van der Waals surface area (Å²) < 4.78 is 0. The lowest BCUT2D eigenvalue weighted by atomic mass is 10.1. The number of nitro groups is 1. The number of hydrogen-bond donors (Lipinski definition) is 2. The van der Waals surface area contributed by atoms with E-state index in [4.69, 9.17) is 5.73 Å². The summed E-state index contributed by atoms with van der Waals surface area (Å²) in [5, 5.41) is 14.6. The first-order chi connectivity index (χ1) is 13.6. The Morgan fingerprint density at radius 3 is 2.68 bits per heavy atom. The third-order valence-electron chi connectivity index (χ3n) is 3.92. The van der Waals surface area contributed by atoms with Gasteiger partial charge in [-0.25, -0.2) is 0 Å². The van der Waals surface area contributed by atoms with Crippen molar-refractivity contribution >= 4 is 29.0 Å². The van der Waals surface area contributed by atoms with Gasteiger partial charge in [-0.3, -0.25) is 20.1 Å². The first kappa shape index (κ1) is 18.8. The molecule has 0 radical (unpaired) electrons. The van der Waals surface area contributed by atoms with Crippen molar-refractivity contribution in [1.82, 2.24) is 4.98 Å². The third-order valence-corrected chi connectivity index (χ3v) is 3.92. The van der Waals surface area contributed by atoms with Crippen LogP contribution in [0, 0.1) is 10.1 Å². The summed E-state index contributed by atoms with van der Waals surface area (Å²) in [5.41, 5.74) is 9.18. The first-order valence-electron chi connectivity index (χ1n) is 8.59. The third kappa shape index (κ3) is 5.01. The van der Waals surface area contributed by atoms with E-state index in [2.05, 4.69) is 15.3 Å². The minimum Gasteiger partial charge on any atom is -0.398 e. The molecular weight excluding hydrogens is 354 g/mol. The zero-order valence-corrected chi connectivity index (χ0v) is 15.0. The molecule has 3 rings (SSSR count). The van der Waals surface area contributed by atoms with Gasteiger partial charge in [-0.15, -0.1) is 0 Å². The van der Waals surface area contributed by atoms with E-state index < -0.39 is 4.92 Å². The summed E-state index contributed by atoms with van der Waals surface area (Å²) in [6.45, 7) is 0.454. The Kier molecular flexibility index (Phi) is 6.10. The molecule has 0 aliphatic rings. The summed E-state index contributed by atoms with van der Waals surface area (Å²) >= 11 is 0. The maximum atomic E-state index is 11.4. The molecule has 1 heterocycles.